The smallest absolute Gasteiger partial charge is 0.226 e. The van der Waals surface area contributed by atoms with E-state index in [9.17, 15) is 4.79 Å². The minimum atomic E-state index is 0.238. The predicted molar refractivity (Wildman–Crippen MR) is 87.3 cm³/mol. The molecule has 1 N–H and O–H groups in total. The summed E-state index contributed by atoms with van der Waals surface area (Å²) in [5.41, 5.74) is 0. The van der Waals surface area contributed by atoms with Gasteiger partial charge in [0.2, 0.25) is 5.91 Å². The average molecular weight is 295 g/mol. The lowest BCUT2D eigenvalue weighted by atomic mass is 9.93. The Morgan fingerprint density at radius 2 is 2.05 bits per heavy atom. The predicted octanol–water partition coefficient (Wildman–Crippen LogP) is 1.96. The number of carbonyl (C=O) groups excluding carboxylic acids is 1. The third-order valence-corrected chi connectivity index (χ3v) is 5.04. The molecule has 0 aromatic rings. The van der Waals surface area contributed by atoms with Crippen LogP contribution in [0.15, 0.2) is 0 Å². The van der Waals surface area contributed by atoms with Crippen LogP contribution in [0.4, 0.5) is 0 Å². The number of hydrogen-bond acceptors (Lipinski definition) is 3. The summed E-state index contributed by atoms with van der Waals surface area (Å²) in [6, 6.07) is 0. The van der Waals surface area contributed by atoms with Gasteiger partial charge in [0, 0.05) is 26.2 Å². The van der Waals surface area contributed by atoms with Crippen molar-refractivity contribution in [3.8, 4) is 0 Å². The van der Waals surface area contributed by atoms with Crippen molar-refractivity contribution in [2.24, 2.45) is 11.8 Å². The van der Waals surface area contributed by atoms with Gasteiger partial charge in [0.15, 0.2) is 0 Å². The summed E-state index contributed by atoms with van der Waals surface area (Å²) in [6.07, 6.45) is 7.15. The van der Waals surface area contributed by atoms with Crippen molar-refractivity contribution in [1.82, 2.24) is 15.1 Å². The Labute approximate surface area is 130 Å². The lowest BCUT2D eigenvalue weighted by molar-refractivity contribution is -0.137. The second-order valence-electron chi connectivity index (χ2n) is 6.93. The number of hydrogen-bond donors (Lipinski definition) is 1. The lowest BCUT2D eigenvalue weighted by Gasteiger charge is -2.36. The van der Waals surface area contributed by atoms with Crippen molar-refractivity contribution in [3.63, 3.8) is 0 Å². The fourth-order valence-electron chi connectivity index (χ4n) is 3.62. The van der Waals surface area contributed by atoms with Gasteiger partial charge in [0.1, 0.15) is 0 Å². The summed E-state index contributed by atoms with van der Waals surface area (Å²) in [5.74, 6) is 1.42. The van der Waals surface area contributed by atoms with Crippen molar-refractivity contribution >= 4 is 5.91 Å². The Kier molecular flexibility index (Phi) is 6.97. The summed E-state index contributed by atoms with van der Waals surface area (Å²) >= 11 is 0. The fraction of sp³-hybridized carbons (Fsp3) is 0.941. The van der Waals surface area contributed by atoms with Crippen LogP contribution in [0.1, 0.15) is 45.4 Å². The topological polar surface area (TPSA) is 35.6 Å². The van der Waals surface area contributed by atoms with E-state index in [0.717, 1.165) is 44.9 Å². The van der Waals surface area contributed by atoms with Crippen molar-refractivity contribution in [2.75, 3.05) is 46.3 Å². The van der Waals surface area contributed by atoms with Crippen LogP contribution in [0.2, 0.25) is 0 Å². The monoisotopic (exact) mass is 295 g/mol. The number of likely N-dealkylation sites (tertiary alicyclic amines) is 1. The normalized spacial score (nSPS) is 24.5. The summed E-state index contributed by atoms with van der Waals surface area (Å²) in [6.45, 7) is 8.58. The zero-order chi connectivity index (χ0) is 15.1. The molecule has 2 heterocycles. The minimum absolute atomic E-state index is 0.238. The van der Waals surface area contributed by atoms with Gasteiger partial charge in [0.25, 0.3) is 0 Å². The van der Waals surface area contributed by atoms with E-state index in [1.807, 2.05) is 0 Å². The average Bonchev–Trinajstić information content (AvgIpc) is 2.54. The van der Waals surface area contributed by atoms with E-state index in [0.29, 0.717) is 5.91 Å². The van der Waals surface area contributed by atoms with Gasteiger partial charge in [-0.25, -0.2) is 0 Å². The summed E-state index contributed by atoms with van der Waals surface area (Å²) in [5, 5.41) is 3.36. The first-order valence-electron chi connectivity index (χ1n) is 8.88. The van der Waals surface area contributed by atoms with E-state index in [4.69, 9.17) is 0 Å². The highest BCUT2D eigenvalue weighted by Crippen LogP contribution is 2.21. The highest BCUT2D eigenvalue weighted by atomic mass is 16.2. The van der Waals surface area contributed by atoms with Gasteiger partial charge in [-0.15, -0.1) is 0 Å². The van der Waals surface area contributed by atoms with Crippen LogP contribution in [0.3, 0.4) is 0 Å². The number of nitrogens with zero attached hydrogens (tertiary/aromatic N) is 2. The second kappa shape index (κ2) is 8.74. The first-order chi connectivity index (χ1) is 10.2. The fourth-order valence-corrected chi connectivity index (χ4v) is 3.62. The highest BCUT2D eigenvalue weighted by molar-refractivity contribution is 5.79. The quantitative estimate of drug-likeness (QED) is 0.813. The van der Waals surface area contributed by atoms with Crippen LogP contribution >= 0.6 is 0 Å². The van der Waals surface area contributed by atoms with Gasteiger partial charge in [-0.3, -0.25) is 4.79 Å². The standard InChI is InChI=1S/C17H33N3O/c1-3-4-10-19(2)14-15-7-11-20(12-8-15)17(21)16-6-5-9-18-13-16/h15-16,18H,3-14H2,1-2H3/t16-/m0/s1. The maximum atomic E-state index is 12.5. The zero-order valence-corrected chi connectivity index (χ0v) is 13.9. The summed E-state index contributed by atoms with van der Waals surface area (Å²) < 4.78 is 0. The molecule has 1 atom stereocenters. The molecule has 21 heavy (non-hydrogen) atoms. The SMILES string of the molecule is CCCCN(C)CC1CCN(C(=O)[C@H]2CCCNC2)CC1. The second-order valence-corrected chi connectivity index (χ2v) is 6.93. The molecule has 4 nitrogen and oxygen atoms in total. The molecule has 0 saturated carbocycles. The third-order valence-electron chi connectivity index (χ3n) is 5.04. The van der Waals surface area contributed by atoms with E-state index < -0.39 is 0 Å². The van der Waals surface area contributed by atoms with Crippen molar-refractivity contribution in [1.29, 1.82) is 0 Å². The van der Waals surface area contributed by atoms with Crippen LogP contribution in [0.25, 0.3) is 0 Å². The van der Waals surface area contributed by atoms with E-state index in [2.05, 4.69) is 29.1 Å². The number of unbranched alkanes of at least 4 members (excludes halogenated alkanes) is 1. The van der Waals surface area contributed by atoms with E-state index in [1.54, 1.807) is 0 Å². The van der Waals surface area contributed by atoms with E-state index >= 15 is 0 Å². The molecule has 122 valence electrons. The Hall–Kier alpha value is -0.610. The Morgan fingerprint density at radius 3 is 2.67 bits per heavy atom. The molecule has 2 saturated heterocycles. The van der Waals surface area contributed by atoms with Crippen LogP contribution in [0.5, 0.6) is 0 Å². The van der Waals surface area contributed by atoms with Gasteiger partial charge < -0.3 is 15.1 Å². The maximum Gasteiger partial charge on any atom is 0.226 e. The number of rotatable bonds is 6. The Bertz CT molecular complexity index is 307. The number of amides is 1. The Balaban J connectivity index is 1.68. The molecule has 0 bridgehead atoms. The molecule has 0 spiro atoms. The van der Waals surface area contributed by atoms with Gasteiger partial charge in [-0.1, -0.05) is 13.3 Å². The number of piperidine rings is 2. The minimum Gasteiger partial charge on any atom is -0.342 e. The molecule has 0 radical (unpaired) electrons. The van der Waals surface area contributed by atoms with Gasteiger partial charge in [-0.2, -0.15) is 0 Å². The van der Waals surface area contributed by atoms with Gasteiger partial charge >= 0.3 is 0 Å². The van der Waals surface area contributed by atoms with Crippen molar-refractivity contribution < 1.29 is 4.79 Å². The molecule has 4 heteroatoms. The van der Waals surface area contributed by atoms with Crippen molar-refractivity contribution in [2.45, 2.75) is 45.4 Å². The largest absolute Gasteiger partial charge is 0.342 e. The first-order valence-corrected chi connectivity index (χ1v) is 8.88. The molecule has 2 aliphatic heterocycles. The molecular formula is C17H33N3O. The molecule has 1 amide bonds. The molecule has 2 aliphatic rings. The maximum absolute atomic E-state index is 12.5. The van der Waals surface area contributed by atoms with Crippen LogP contribution in [-0.2, 0) is 4.79 Å². The van der Waals surface area contributed by atoms with Crippen molar-refractivity contribution in [3.05, 3.63) is 0 Å². The van der Waals surface area contributed by atoms with Crippen LogP contribution in [0, 0.1) is 11.8 Å². The van der Waals surface area contributed by atoms with Crippen LogP contribution < -0.4 is 5.32 Å². The third kappa shape index (κ3) is 5.26. The number of nitrogens with one attached hydrogen (secondary N) is 1. The van der Waals surface area contributed by atoms with E-state index in [1.165, 1.54) is 38.8 Å². The molecule has 0 aromatic carbocycles. The molecule has 2 fully saturated rings. The molecular weight excluding hydrogens is 262 g/mol. The first kappa shape index (κ1) is 16.8. The van der Waals surface area contributed by atoms with Gasteiger partial charge in [0.05, 0.1) is 5.92 Å². The highest BCUT2D eigenvalue weighted by Gasteiger charge is 2.29. The number of carbonyl (C=O) groups is 1. The zero-order valence-electron chi connectivity index (χ0n) is 13.9. The molecule has 0 unspecified atom stereocenters. The molecule has 0 aromatic heterocycles. The van der Waals surface area contributed by atoms with E-state index in [-0.39, 0.29) is 5.92 Å². The lowest BCUT2D eigenvalue weighted by Crippen LogP contribution is -2.47. The molecule has 2 rings (SSSR count). The summed E-state index contributed by atoms with van der Waals surface area (Å²) in [4.78, 5) is 17.1. The van der Waals surface area contributed by atoms with Crippen LogP contribution in [-0.4, -0.2) is 62.0 Å². The van der Waals surface area contributed by atoms with Gasteiger partial charge in [-0.05, 0) is 58.2 Å². The summed E-state index contributed by atoms with van der Waals surface area (Å²) in [7, 11) is 2.24. The Morgan fingerprint density at radius 1 is 1.29 bits per heavy atom. The molecule has 0 aliphatic carbocycles.